The maximum absolute atomic E-state index is 8.41. The Hall–Kier alpha value is -3.46. The van der Waals surface area contributed by atoms with Gasteiger partial charge in [-0.15, -0.1) is 0 Å². The second-order valence-electron chi connectivity index (χ2n) is 8.57. The van der Waals surface area contributed by atoms with Crippen molar-refractivity contribution in [3.05, 3.63) is 83.3 Å². The first-order valence-corrected chi connectivity index (χ1v) is 10.3. The predicted molar refractivity (Wildman–Crippen MR) is 125 cm³/mol. The van der Waals surface area contributed by atoms with Crippen molar-refractivity contribution in [3.8, 4) is 22.4 Å². The highest BCUT2D eigenvalue weighted by molar-refractivity contribution is 6.11. The summed E-state index contributed by atoms with van der Waals surface area (Å²) in [6.45, 7) is -0.756. The van der Waals surface area contributed by atoms with Gasteiger partial charge < -0.3 is 4.42 Å². The Labute approximate surface area is 190 Å². The van der Waals surface area contributed by atoms with Crippen LogP contribution in [0.15, 0.2) is 65.3 Å². The van der Waals surface area contributed by atoms with Crippen LogP contribution in [0, 0.1) is 13.8 Å². The van der Waals surface area contributed by atoms with Crippen molar-refractivity contribution in [2.75, 3.05) is 0 Å². The molecule has 1 atom stereocenters. The molecule has 0 saturated carbocycles. The summed E-state index contributed by atoms with van der Waals surface area (Å²) in [7, 11) is 1.83. The van der Waals surface area contributed by atoms with Gasteiger partial charge in [-0.2, -0.15) is 0 Å². The lowest BCUT2D eigenvalue weighted by Gasteiger charge is -2.19. The summed E-state index contributed by atoms with van der Waals surface area (Å²) >= 11 is 0. The molecule has 1 aliphatic rings. The summed E-state index contributed by atoms with van der Waals surface area (Å²) in [5.74, 6) is 0. The van der Waals surface area contributed by atoms with Crippen molar-refractivity contribution in [1.82, 2.24) is 4.98 Å². The lowest BCUT2D eigenvalue weighted by Crippen LogP contribution is -2.31. The van der Waals surface area contributed by atoms with Crippen molar-refractivity contribution in [2.45, 2.75) is 33.0 Å². The molecule has 0 spiro atoms. The molecule has 3 nitrogen and oxygen atoms in total. The largest absolute Gasteiger partial charge is 0.455 e. The number of benzene rings is 2. The van der Waals surface area contributed by atoms with E-state index in [9.17, 15) is 0 Å². The van der Waals surface area contributed by atoms with Crippen LogP contribution in [0.5, 0.6) is 0 Å². The number of aryl methyl sites for hydroxylation is 3. The lowest BCUT2D eigenvalue weighted by atomic mass is 9.84. The van der Waals surface area contributed by atoms with Crippen LogP contribution in [0.4, 0.5) is 0 Å². The molecule has 0 amide bonds. The highest BCUT2D eigenvalue weighted by Crippen LogP contribution is 2.50. The fourth-order valence-corrected chi connectivity index (χ4v) is 4.95. The molecule has 5 aromatic rings. The summed E-state index contributed by atoms with van der Waals surface area (Å²) in [5.41, 5.74) is 5.93. The van der Waals surface area contributed by atoms with Crippen LogP contribution in [0.2, 0.25) is 0 Å². The number of fused-ring (bicyclic) bond motifs is 6. The minimum atomic E-state index is -2.30. The number of aromatic nitrogens is 2. The Morgan fingerprint density at radius 2 is 1.97 bits per heavy atom. The summed E-state index contributed by atoms with van der Waals surface area (Å²) in [4.78, 5) is 4.50. The molecule has 2 aromatic carbocycles. The van der Waals surface area contributed by atoms with Crippen LogP contribution < -0.4 is 4.57 Å². The van der Waals surface area contributed by atoms with Gasteiger partial charge in [0.15, 0.2) is 6.20 Å². The molecule has 31 heavy (non-hydrogen) atoms. The molecule has 0 saturated heterocycles. The zero-order valence-electron chi connectivity index (χ0n) is 23.6. The average molecular weight is 412 g/mol. The molecule has 6 rings (SSSR count). The summed E-state index contributed by atoms with van der Waals surface area (Å²) in [5, 5.41) is 1.70. The first kappa shape index (κ1) is 13.1. The SMILES string of the molecule is [2H]C([2H])([2H])c1ccc(-c2c(C)ccc3c2oc2cc4c(cc23)C(C)(C([2H])([2H])[2H])c2ncccc2-4)[n+](C)c1. The molecule has 3 heterocycles. The van der Waals surface area contributed by atoms with Crippen molar-refractivity contribution < 1.29 is 17.2 Å². The molecular weight excluding hydrogens is 380 g/mol. The minimum Gasteiger partial charge on any atom is -0.455 e. The highest BCUT2D eigenvalue weighted by Gasteiger charge is 2.37. The van der Waals surface area contributed by atoms with Crippen molar-refractivity contribution in [1.29, 1.82) is 0 Å². The van der Waals surface area contributed by atoms with Gasteiger partial charge in [0, 0.05) is 47.8 Å². The van der Waals surface area contributed by atoms with E-state index in [0.29, 0.717) is 22.4 Å². The Bertz CT molecular complexity index is 1750. The second kappa shape index (κ2) is 6.04. The fourth-order valence-electron chi connectivity index (χ4n) is 4.95. The van der Waals surface area contributed by atoms with E-state index < -0.39 is 19.1 Å². The van der Waals surface area contributed by atoms with Crippen molar-refractivity contribution in [2.24, 2.45) is 7.05 Å². The molecule has 1 unspecified atom stereocenters. The first-order valence-electron chi connectivity index (χ1n) is 13.3. The van der Waals surface area contributed by atoms with E-state index in [1.54, 1.807) is 25.4 Å². The molecule has 1 aliphatic carbocycles. The van der Waals surface area contributed by atoms with E-state index >= 15 is 0 Å². The Morgan fingerprint density at radius 3 is 2.77 bits per heavy atom. The summed E-state index contributed by atoms with van der Waals surface area (Å²) in [6.07, 6.45) is 3.27. The number of nitrogens with zero attached hydrogens (tertiary/aromatic N) is 2. The fraction of sp³-hybridized carbons (Fsp3) is 0.214. The van der Waals surface area contributed by atoms with Gasteiger partial charge in [0.2, 0.25) is 5.69 Å². The van der Waals surface area contributed by atoms with Gasteiger partial charge in [-0.25, -0.2) is 4.57 Å². The van der Waals surface area contributed by atoms with Gasteiger partial charge >= 0.3 is 0 Å². The number of hydrogen-bond acceptors (Lipinski definition) is 2. The third-order valence-corrected chi connectivity index (χ3v) is 6.49. The Morgan fingerprint density at radius 1 is 1.06 bits per heavy atom. The second-order valence-corrected chi connectivity index (χ2v) is 8.57. The molecule has 152 valence electrons. The average Bonchev–Trinajstić information content (AvgIpc) is 3.31. The standard InChI is InChI=1S/C28H25N2O/c1-16-8-11-23(30(5)15-16)25-17(2)9-10-18-21-13-22-20(14-24(21)31-26(18)25)19-7-6-12-29-27(19)28(22,3)4/h6-15H,1-5H3/q+1/i1D3,3D3. The summed E-state index contributed by atoms with van der Waals surface area (Å²) in [6, 6.07) is 15.1. The van der Waals surface area contributed by atoms with Crippen molar-refractivity contribution >= 4 is 21.9 Å². The van der Waals surface area contributed by atoms with Gasteiger partial charge in [0.1, 0.15) is 18.2 Å². The van der Waals surface area contributed by atoms with Crippen LogP contribution in [0.25, 0.3) is 44.3 Å². The molecule has 0 bridgehead atoms. The smallest absolute Gasteiger partial charge is 0.216 e. The van der Waals surface area contributed by atoms with E-state index in [4.69, 9.17) is 12.6 Å². The topological polar surface area (TPSA) is 29.9 Å². The van der Waals surface area contributed by atoms with E-state index in [1.165, 1.54) is 0 Å². The molecule has 0 N–H and O–H groups in total. The summed E-state index contributed by atoms with van der Waals surface area (Å²) < 4.78 is 56.7. The van der Waals surface area contributed by atoms with Crippen LogP contribution in [-0.2, 0) is 12.5 Å². The van der Waals surface area contributed by atoms with Gasteiger partial charge in [-0.05, 0) is 54.7 Å². The monoisotopic (exact) mass is 411 g/mol. The van der Waals surface area contributed by atoms with Gasteiger partial charge in [0.05, 0.1) is 11.3 Å². The number of rotatable bonds is 1. The van der Waals surface area contributed by atoms with Crippen LogP contribution in [-0.4, -0.2) is 4.98 Å². The number of hydrogen-bond donors (Lipinski definition) is 0. The molecule has 0 radical (unpaired) electrons. The van der Waals surface area contributed by atoms with Crippen LogP contribution in [0.3, 0.4) is 0 Å². The lowest BCUT2D eigenvalue weighted by molar-refractivity contribution is -0.660. The molecule has 0 aliphatic heterocycles. The van der Waals surface area contributed by atoms with Crippen LogP contribution in [0.1, 0.15) is 44.4 Å². The van der Waals surface area contributed by atoms with Crippen molar-refractivity contribution in [3.63, 3.8) is 0 Å². The number of furan rings is 1. The highest BCUT2D eigenvalue weighted by atomic mass is 16.3. The van der Waals surface area contributed by atoms with Gasteiger partial charge in [0.25, 0.3) is 0 Å². The zero-order valence-corrected chi connectivity index (χ0v) is 17.6. The predicted octanol–water partition coefficient (Wildman–Crippen LogP) is 6.40. The minimum absolute atomic E-state index is 0.265. The quantitative estimate of drug-likeness (QED) is 0.299. The Balaban J connectivity index is 1.65. The van der Waals surface area contributed by atoms with E-state index in [-0.39, 0.29) is 5.56 Å². The van der Waals surface area contributed by atoms with E-state index in [0.717, 1.165) is 38.7 Å². The number of pyridine rings is 2. The normalized spacial score (nSPS) is 21.0. The van der Waals surface area contributed by atoms with Gasteiger partial charge in [-0.1, -0.05) is 32.0 Å². The molecular formula is C28H25N2O+. The van der Waals surface area contributed by atoms with E-state index in [1.807, 2.05) is 61.0 Å². The first-order chi connectivity index (χ1) is 17.3. The molecule has 3 heteroatoms. The Kier molecular flexibility index (Phi) is 2.54. The van der Waals surface area contributed by atoms with Crippen LogP contribution >= 0.6 is 0 Å². The molecule has 3 aromatic heterocycles. The zero-order chi connectivity index (χ0) is 26.5. The van der Waals surface area contributed by atoms with E-state index in [2.05, 4.69) is 4.98 Å². The maximum Gasteiger partial charge on any atom is 0.216 e. The maximum atomic E-state index is 8.41. The molecule has 0 fully saturated rings. The van der Waals surface area contributed by atoms with Gasteiger partial charge in [-0.3, -0.25) is 4.98 Å². The third-order valence-electron chi connectivity index (χ3n) is 6.49. The third kappa shape index (κ3) is 2.40.